The molecule has 0 aliphatic rings. The van der Waals surface area contributed by atoms with Crippen molar-refractivity contribution in [2.45, 2.75) is 27.3 Å². The second-order valence-electron chi connectivity index (χ2n) is 4.56. The van der Waals surface area contributed by atoms with Gasteiger partial charge in [-0.15, -0.1) is 24.0 Å². The molecule has 0 radical (unpaired) electrons. The summed E-state index contributed by atoms with van der Waals surface area (Å²) in [6.07, 6.45) is 0. The van der Waals surface area contributed by atoms with Gasteiger partial charge in [0.05, 0.1) is 5.69 Å². The Bertz CT molecular complexity index is 607. The molecule has 0 saturated carbocycles. The molecule has 2 rings (SSSR count). The summed E-state index contributed by atoms with van der Waals surface area (Å²) in [5, 5.41) is 6.85. The maximum absolute atomic E-state index is 5.83. The number of aliphatic imine (C=N–C) groups is 1. The first-order chi connectivity index (χ1) is 9.04. The van der Waals surface area contributed by atoms with Crippen molar-refractivity contribution >= 4 is 35.6 Å². The minimum absolute atomic E-state index is 0. The first-order valence-corrected chi connectivity index (χ1v) is 6.11. The van der Waals surface area contributed by atoms with E-state index in [0.717, 1.165) is 11.4 Å². The van der Waals surface area contributed by atoms with Gasteiger partial charge in [-0.2, -0.15) is 0 Å². The highest BCUT2D eigenvalue weighted by Crippen LogP contribution is 2.13. The van der Waals surface area contributed by atoms with E-state index in [9.17, 15) is 0 Å². The number of rotatable bonds is 3. The molecule has 0 bridgehead atoms. The van der Waals surface area contributed by atoms with E-state index >= 15 is 0 Å². The van der Waals surface area contributed by atoms with Gasteiger partial charge < -0.3 is 15.6 Å². The number of hydrogen-bond acceptors (Lipinski definition) is 3. The van der Waals surface area contributed by atoms with Crippen LogP contribution >= 0.6 is 24.0 Å². The molecular formula is C14H19IN4O. The summed E-state index contributed by atoms with van der Waals surface area (Å²) in [5.74, 6) is 1.06. The third kappa shape index (κ3) is 4.52. The molecule has 0 fully saturated rings. The average Bonchev–Trinajstić information content (AvgIpc) is 2.77. The number of guanidine groups is 1. The number of halogens is 1. The van der Waals surface area contributed by atoms with Crippen molar-refractivity contribution in [3.05, 3.63) is 46.8 Å². The molecule has 20 heavy (non-hydrogen) atoms. The molecule has 1 heterocycles. The van der Waals surface area contributed by atoms with Crippen LogP contribution in [0.2, 0.25) is 0 Å². The SMILES string of the molecule is Cc1cc(CN=C(N)Nc2ccc(C)c(C)c2)on1.I. The lowest BCUT2D eigenvalue weighted by molar-refractivity contribution is 0.381. The Morgan fingerprint density at radius 2 is 2.00 bits per heavy atom. The molecule has 0 atom stereocenters. The van der Waals surface area contributed by atoms with Crippen LogP contribution in [0.25, 0.3) is 0 Å². The second kappa shape index (κ2) is 7.28. The van der Waals surface area contributed by atoms with Gasteiger partial charge in [0.25, 0.3) is 0 Å². The minimum atomic E-state index is 0. The molecule has 0 aliphatic heterocycles. The summed E-state index contributed by atoms with van der Waals surface area (Å²) in [6, 6.07) is 7.90. The summed E-state index contributed by atoms with van der Waals surface area (Å²) in [6.45, 7) is 6.38. The molecule has 0 aliphatic carbocycles. The molecule has 1 aromatic carbocycles. The van der Waals surface area contributed by atoms with Crippen LogP contribution < -0.4 is 11.1 Å². The van der Waals surface area contributed by atoms with E-state index in [1.165, 1.54) is 11.1 Å². The van der Waals surface area contributed by atoms with Gasteiger partial charge in [-0.25, -0.2) is 4.99 Å². The van der Waals surface area contributed by atoms with E-state index in [1.807, 2.05) is 31.2 Å². The number of anilines is 1. The van der Waals surface area contributed by atoms with Crippen LogP contribution in [0.4, 0.5) is 5.69 Å². The van der Waals surface area contributed by atoms with E-state index in [4.69, 9.17) is 10.3 Å². The molecule has 5 nitrogen and oxygen atoms in total. The van der Waals surface area contributed by atoms with Gasteiger partial charge in [0.2, 0.25) is 0 Å². The lowest BCUT2D eigenvalue weighted by Gasteiger charge is -2.07. The topological polar surface area (TPSA) is 76.4 Å². The molecule has 0 saturated heterocycles. The predicted molar refractivity (Wildman–Crippen MR) is 91.5 cm³/mol. The average molecular weight is 386 g/mol. The van der Waals surface area contributed by atoms with Crippen LogP contribution in [0.1, 0.15) is 22.6 Å². The predicted octanol–water partition coefficient (Wildman–Crippen LogP) is 3.14. The van der Waals surface area contributed by atoms with Crippen molar-refractivity contribution in [3.8, 4) is 0 Å². The van der Waals surface area contributed by atoms with Crippen LogP contribution in [-0.2, 0) is 6.54 Å². The van der Waals surface area contributed by atoms with Gasteiger partial charge in [0.1, 0.15) is 6.54 Å². The minimum Gasteiger partial charge on any atom is -0.370 e. The molecule has 3 N–H and O–H groups in total. The van der Waals surface area contributed by atoms with E-state index < -0.39 is 0 Å². The van der Waals surface area contributed by atoms with Crippen LogP contribution in [-0.4, -0.2) is 11.1 Å². The summed E-state index contributed by atoms with van der Waals surface area (Å²) in [7, 11) is 0. The first-order valence-electron chi connectivity index (χ1n) is 6.11. The molecule has 0 amide bonds. The Morgan fingerprint density at radius 1 is 1.25 bits per heavy atom. The summed E-state index contributed by atoms with van der Waals surface area (Å²) < 4.78 is 5.06. The quantitative estimate of drug-likeness (QED) is 0.483. The highest BCUT2D eigenvalue weighted by Gasteiger charge is 2.01. The smallest absolute Gasteiger partial charge is 0.193 e. The molecule has 0 spiro atoms. The van der Waals surface area contributed by atoms with Crippen molar-refractivity contribution < 1.29 is 4.52 Å². The van der Waals surface area contributed by atoms with E-state index in [2.05, 4.69) is 29.3 Å². The lowest BCUT2D eigenvalue weighted by atomic mass is 10.1. The fourth-order valence-corrected chi connectivity index (χ4v) is 1.66. The Hall–Kier alpha value is -1.57. The number of nitrogens with one attached hydrogen (secondary N) is 1. The van der Waals surface area contributed by atoms with Crippen LogP contribution in [0.5, 0.6) is 0 Å². The molecule has 0 unspecified atom stereocenters. The van der Waals surface area contributed by atoms with Crippen molar-refractivity contribution in [1.29, 1.82) is 0 Å². The molecule has 6 heteroatoms. The van der Waals surface area contributed by atoms with Crippen molar-refractivity contribution in [3.63, 3.8) is 0 Å². The third-order valence-corrected chi connectivity index (χ3v) is 2.86. The highest BCUT2D eigenvalue weighted by atomic mass is 127. The van der Waals surface area contributed by atoms with Crippen LogP contribution in [0.3, 0.4) is 0 Å². The maximum atomic E-state index is 5.83. The van der Waals surface area contributed by atoms with Crippen LogP contribution in [0, 0.1) is 20.8 Å². The van der Waals surface area contributed by atoms with Gasteiger partial charge in [-0.05, 0) is 44.0 Å². The molecule has 2 aromatic rings. The highest BCUT2D eigenvalue weighted by molar-refractivity contribution is 14.0. The molecular weight excluding hydrogens is 367 g/mol. The number of aromatic nitrogens is 1. The third-order valence-electron chi connectivity index (χ3n) is 2.86. The van der Waals surface area contributed by atoms with Gasteiger partial charge in [0.15, 0.2) is 11.7 Å². The largest absolute Gasteiger partial charge is 0.370 e. The number of hydrogen-bond donors (Lipinski definition) is 2. The number of benzene rings is 1. The summed E-state index contributed by atoms with van der Waals surface area (Å²) in [4.78, 5) is 4.20. The van der Waals surface area contributed by atoms with E-state index in [0.29, 0.717) is 18.3 Å². The maximum Gasteiger partial charge on any atom is 0.193 e. The Balaban J connectivity index is 0.00000200. The standard InChI is InChI=1S/C14H18N4O.HI/c1-9-4-5-12(6-10(9)2)17-14(15)16-8-13-7-11(3)18-19-13;/h4-7H,8H2,1-3H3,(H3,15,16,17);1H. The van der Waals surface area contributed by atoms with Gasteiger partial charge in [0, 0.05) is 11.8 Å². The zero-order valence-electron chi connectivity index (χ0n) is 11.8. The van der Waals surface area contributed by atoms with E-state index in [1.54, 1.807) is 0 Å². The van der Waals surface area contributed by atoms with Gasteiger partial charge in [-0.1, -0.05) is 11.2 Å². The Morgan fingerprint density at radius 3 is 2.60 bits per heavy atom. The van der Waals surface area contributed by atoms with Crippen molar-refractivity contribution in [2.24, 2.45) is 10.7 Å². The Kier molecular flexibility index (Phi) is 6.00. The van der Waals surface area contributed by atoms with Crippen molar-refractivity contribution in [1.82, 2.24) is 5.16 Å². The van der Waals surface area contributed by atoms with Gasteiger partial charge >= 0.3 is 0 Å². The number of aryl methyl sites for hydroxylation is 3. The zero-order valence-corrected chi connectivity index (χ0v) is 14.1. The fourth-order valence-electron chi connectivity index (χ4n) is 1.66. The number of nitrogens with two attached hydrogens (primary N) is 1. The Labute approximate surface area is 135 Å². The normalized spacial score (nSPS) is 11.1. The molecule has 108 valence electrons. The lowest BCUT2D eigenvalue weighted by Crippen LogP contribution is -2.22. The number of nitrogens with zero attached hydrogens (tertiary/aromatic N) is 2. The van der Waals surface area contributed by atoms with Gasteiger partial charge in [-0.3, -0.25) is 0 Å². The first kappa shape index (κ1) is 16.5. The monoisotopic (exact) mass is 386 g/mol. The molecule has 1 aromatic heterocycles. The zero-order chi connectivity index (χ0) is 13.8. The summed E-state index contributed by atoms with van der Waals surface area (Å²) in [5.41, 5.74) is 10.1. The van der Waals surface area contributed by atoms with Crippen molar-refractivity contribution in [2.75, 3.05) is 5.32 Å². The van der Waals surface area contributed by atoms with E-state index in [-0.39, 0.29) is 24.0 Å². The second-order valence-corrected chi connectivity index (χ2v) is 4.56. The fraction of sp³-hybridized carbons (Fsp3) is 0.286. The van der Waals surface area contributed by atoms with Crippen LogP contribution in [0.15, 0.2) is 33.8 Å². The summed E-state index contributed by atoms with van der Waals surface area (Å²) >= 11 is 0.